The summed E-state index contributed by atoms with van der Waals surface area (Å²) in [4.78, 5) is 13.7. The van der Waals surface area contributed by atoms with Crippen LogP contribution >= 0.6 is 11.6 Å². The molecule has 0 aliphatic heterocycles. The van der Waals surface area contributed by atoms with E-state index in [4.69, 9.17) is 22.8 Å². The Morgan fingerprint density at radius 1 is 1.53 bits per heavy atom. The van der Waals surface area contributed by atoms with Gasteiger partial charge in [0.1, 0.15) is 5.75 Å². The Hall–Kier alpha value is -1.66. The van der Waals surface area contributed by atoms with E-state index in [9.17, 15) is 4.79 Å². The molecule has 0 radical (unpaired) electrons. The maximum atomic E-state index is 12.0. The van der Waals surface area contributed by atoms with Gasteiger partial charge in [0.15, 0.2) is 0 Å². The summed E-state index contributed by atoms with van der Waals surface area (Å²) in [5, 5.41) is 0.628. The van der Waals surface area contributed by atoms with E-state index in [0.29, 0.717) is 31.0 Å². The molecule has 0 atom stereocenters. The van der Waals surface area contributed by atoms with Crippen molar-refractivity contribution in [3.63, 3.8) is 0 Å². The molecule has 1 rings (SSSR count). The van der Waals surface area contributed by atoms with Crippen LogP contribution in [-0.4, -0.2) is 24.5 Å². The largest absolute Gasteiger partial charge is 0.496 e. The second-order valence-corrected chi connectivity index (χ2v) is 4.50. The average molecular weight is 280 g/mol. The first-order valence-corrected chi connectivity index (χ1v) is 6.53. The molecule has 4 heteroatoms. The van der Waals surface area contributed by atoms with Crippen LogP contribution < -0.4 is 4.74 Å². The fourth-order valence-corrected chi connectivity index (χ4v) is 1.98. The molecule has 1 aromatic rings. The fourth-order valence-electron chi connectivity index (χ4n) is 1.79. The van der Waals surface area contributed by atoms with Crippen molar-refractivity contribution in [2.75, 3.05) is 13.7 Å². The third-order valence-corrected chi connectivity index (χ3v) is 3.06. The highest BCUT2D eigenvalue weighted by molar-refractivity contribution is 6.30. The summed E-state index contributed by atoms with van der Waals surface area (Å²) in [5.74, 6) is 3.25. The van der Waals surface area contributed by atoms with Gasteiger partial charge in [0.2, 0.25) is 5.91 Å². The monoisotopic (exact) mass is 279 g/mol. The third-order valence-electron chi connectivity index (χ3n) is 2.82. The van der Waals surface area contributed by atoms with Crippen molar-refractivity contribution in [1.82, 2.24) is 4.90 Å². The van der Waals surface area contributed by atoms with Gasteiger partial charge in [-0.05, 0) is 25.1 Å². The van der Waals surface area contributed by atoms with E-state index < -0.39 is 0 Å². The van der Waals surface area contributed by atoms with Crippen molar-refractivity contribution in [3.8, 4) is 18.1 Å². The number of carbonyl (C=O) groups is 1. The molecule has 0 aliphatic carbocycles. The molecule has 0 aromatic heterocycles. The molecule has 0 unspecified atom stereocenters. The lowest BCUT2D eigenvalue weighted by Gasteiger charge is -2.22. The summed E-state index contributed by atoms with van der Waals surface area (Å²) in [6.07, 6.45) is 6.01. The summed E-state index contributed by atoms with van der Waals surface area (Å²) in [5.41, 5.74) is 0.894. The molecular formula is C15H18ClNO2. The first-order valence-electron chi connectivity index (χ1n) is 6.16. The SMILES string of the molecule is C#CCCC(=O)N(CC)Cc1cc(Cl)ccc1OC. The fraction of sp³-hybridized carbons (Fsp3) is 0.400. The Bertz CT molecular complexity index is 480. The molecule has 0 bridgehead atoms. The van der Waals surface area contributed by atoms with Gasteiger partial charge in [-0.1, -0.05) is 11.6 Å². The van der Waals surface area contributed by atoms with Gasteiger partial charge in [0.25, 0.3) is 0 Å². The quantitative estimate of drug-likeness (QED) is 0.749. The van der Waals surface area contributed by atoms with Crippen LogP contribution in [-0.2, 0) is 11.3 Å². The van der Waals surface area contributed by atoms with Crippen molar-refractivity contribution in [2.24, 2.45) is 0 Å². The summed E-state index contributed by atoms with van der Waals surface area (Å²) in [7, 11) is 1.60. The zero-order valence-corrected chi connectivity index (χ0v) is 12.0. The van der Waals surface area contributed by atoms with E-state index in [0.717, 1.165) is 11.3 Å². The van der Waals surface area contributed by atoms with Crippen molar-refractivity contribution < 1.29 is 9.53 Å². The van der Waals surface area contributed by atoms with Gasteiger partial charge >= 0.3 is 0 Å². The van der Waals surface area contributed by atoms with E-state index in [1.807, 2.05) is 13.0 Å². The Morgan fingerprint density at radius 2 is 2.26 bits per heavy atom. The van der Waals surface area contributed by atoms with Crippen molar-refractivity contribution in [1.29, 1.82) is 0 Å². The second kappa shape index (κ2) is 7.70. The zero-order valence-electron chi connectivity index (χ0n) is 11.3. The second-order valence-electron chi connectivity index (χ2n) is 4.07. The first-order chi connectivity index (χ1) is 9.12. The van der Waals surface area contributed by atoms with Gasteiger partial charge in [-0.3, -0.25) is 4.79 Å². The highest BCUT2D eigenvalue weighted by Crippen LogP contribution is 2.24. The molecule has 0 heterocycles. The van der Waals surface area contributed by atoms with E-state index in [1.54, 1.807) is 24.1 Å². The number of hydrogen-bond donors (Lipinski definition) is 0. The van der Waals surface area contributed by atoms with Crippen LogP contribution in [0.4, 0.5) is 0 Å². The van der Waals surface area contributed by atoms with Gasteiger partial charge < -0.3 is 9.64 Å². The van der Waals surface area contributed by atoms with Crippen LogP contribution in [0.5, 0.6) is 5.75 Å². The van der Waals surface area contributed by atoms with E-state index in [2.05, 4.69) is 5.92 Å². The Kier molecular flexibility index (Phi) is 6.24. The maximum Gasteiger partial charge on any atom is 0.223 e. The lowest BCUT2D eigenvalue weighted by molar-refractivity contribution is -0.131. The molecular weight excluding hydrogens is 262 g/mol. The minimum Gasteiger partial charge on any atom is -0.496 e. The number of nitrogens with zero attached hydrogens (tertiary/aromatic N) is 1. The maximum absolute atomic E-state index is 12.0. The molecule has 0 N–H and O–H groups in total. The Labute approximate surface area is 119 Å². The Balaban J connectivity index is 2.83. The van der Waals surface area contributed by atoms with Crippen molar-refractivity contribution >= 4 is 17.5 Å². The average Bonchev–Trinajstić information content (AvgIpc) is 2.42. The van der Waals surface area contributed by atoms with Crippen molar-refractivity contribution in [3.05, 3.63) is 28.8 Å². The molecule has 0 fully saturated rings. The minimum absolute atomic E-state index is 0.0440. The van der Waals surface area contributed by atoms with Gasteiger partial charge in [-0.15, -0.1) is 12.3 Å². The van der Waals surface area contributed by atoms with Crippen LogP contribution in [0.1, 0.15) is 25.3 Å². The molecule has 1 aromatic carbocycles. The highest BCUT2D eigenvalue weighted by Gasteiger charge is 2.14. The number of hydrogen-bond acceptors (Lipinski definition) is 2. The summed E-state index contributed by atoms with van der Waals surface area (Å²) < 4.78 is 5.28. The molecule has 19 heavy (non-hydrogen) atoms. The number of ether oxygens (including phenoxy) is 1. The summed E-state index contributed by atoms with van der Waals surface area (Å²) in [6.45, 7) is 3.04. The number of methoxy groups -OCH3 is 1. The number of carbonyl (C=O) groups excluding carboxylic acids is 1. The topological polar surface area (TPSA) is 29.5 Å². The standard InChI is InChI=1S/C15H18ClNO2/c1-4-6-7-15(18)17(5-2)11-12-10-13(16)8-9-14(12)19-3/h1,8-10H,5-7,11H2,2-3H3. The van der Waals surface area contributed by atoms with Gasteiger partial charge in [0, 0.05) is 36.5 Å². The summed E-state index contributed by atoms with van der Waals surface area (Å²) >= 11 is 5.98. The zero-order chi connectivity index (χ0) is 14.3. The molecule has 0 spiro atoms. The molecule has 102 valence electrons. The number of halogens is 1. The minimum atomic E-state index is 0.0440. The molecule has 1 amide bonds. The molecule has 0 saturated carbocycles. The number of amides is 1. The third kappa shape index (κ3) is 4.50. The van der Waals surface area contributed by atoms with E-state index in [1.165, 1.54) is 0 Å². The lowest BCUT2D eigenvalue weighted by atomic mass is 10.1. The van der Waals surface area contributed by atoms with Crippen LogP contribution in [0.2, 0.25) is 5.02 Å². The highest BCUT2D eigenvalue weighted by atomic mass is 35.5. The van der Waals surface area contributed by atoms with Gasteiger partial charge in [0.05, 0.1) is 7.11 Å². The first kappa shape index (κ1) is 15.4. The number of benzene rings is 1. The number of rotatable bonds is 6. The normalized spacial score (nSPS) is 9.79. The van der Waals surface area contributed by atoms with Gasteiger partial charge in [-0.2, -0.15) is 0 Å². The predicted octanol–water partition coefficient (Wildman–Crippen LogP) is 3.11. The predicted molar refractivity (Wildman–Crippen MR) is 77.2 cm³/mol. The Morgan fingerprint density at radius 3 is 2.84 bits per heavy atom. The molecule has 0 aliphatic rings. The van der Waals surface area contributed by atoms with Crippen LogP contribution in [0.15, 0.2) is 18.2 Å². The van der Waals surface area contributed by atoms with Crippen molar-refractivity contribution in [2.45, 2.75) is 26.3 Å². The van der Waals surface area contributed by atoms with Gasteiger partial charge in [-0.25, -0.2) is 0 Å². The summed E-state index contributed by atoms with van der Waals surface area (Å²) in [6, 6.07) is 5.38. The lowest BCUT2D eigenvalue weighted by Crippen LogP contribution is -2.30. The molecule has 0 saturated heterocycles. The molecule has 3 nitrogen and oxygen atoms in total. The smallest absolute Gasteiger partial charge is 0.223 e. The number of terminal acetylenes is 1. The van der Waals surface area contributed by atoms with E-state index >= 15 is 0 Å². The van der Waals surface area contributed by atoms with Crippen LogP contribution in [0, 0.1) is 12.3 Å². The van der Waals surface area contributed by atoms with E-state index in [-0.39, 0.29) is 5.91 Å². The van der Waals surface area contributed by atoms with Crippen LogP contribution in [0.3, 0.4) is 0 Å². The van der Waals surface area contributed by atoms with Crippen LogP contribution in [0.25, 0.3) is 0 Å².